The van der Waals surface area contributed by atoms with Crippen LogP contribution < -0.4 is 0 Å². The molecule has 260 valence electrons. The quantitative estimate of drug-likeness (QED) is 0.110. The van der Waals surface area contributed by atoms with E-state index in [9.17, 15) is 0 Å². The zero-order chi connectivity index (χ0) is 32.3. The maximum atomic E-state index is 7.88. The molecule has 0 aromatic carbocycles. The first-order valence-corrected chi connectivity index (χ1v) is 33.1. The van der Waals surface area contributed by atoms with Gasteiger partial charge in [-0.3, -0.25) is 0 Å². The van der Waals surface area contributed by atoms with Crippen LogP contribution in [0.1, 0.15) is 77.0 Å². The minimum Gasteiger partial charge on any atom is -0.437 e. The fraction of sp³-hybridized carbons (Fsp3) is 1.00. The summed E-state index contributed by atoms with van der Waals surface area (Å²) in [7, 11) is -11.4. The van der Waals surface area contributed by atoms with Crippen LogP contribution in [-0.4, -0.2) is 78.9 Å². The van der Waals surface area contributed by atoms with E-state index in [1.54, 1.807) is 0 Å². The first kappa shape index (κ1) is 35.6. The zero-order valence-corrected chi connectivity index (χ0v) is 35.2. The van der Waals surface area contributed by atoms with E-state index in [2.05, 4.69) is 58.9 Å². The average molecular weight is 715 g/mol. The van der Waals surface area contributed by atoms with Crippen molar-refractivity contribution in [3.8, 4) is 0 Å². The molecule has 0 bridgehead atoms. The second-order valence-electron chi connectivity index (χ2n) is 18.4. The van der Waals surface area contributed by atoms with E-state index in [4.69, 9.17) is 30.7 Å². The lowest BCUT2D eigenvalue weighted by Crippen LogP contribution is -2.61. The Bertz CT molecular complexity index is 988. The normalized spacial score (nSPS) is 38.7. The predicted octanol–water partition coefficient (Wildman–Crippen LogP) is 8.81. The molecule has 3 saturated carbocycles. The van der Waals surface area contributed by atoms with Crippen LogP contribution in [-0.2, 0) is 30.7 Å². The van der Waals surface area contributed by atoms with Gasteiger partial charge in [-0.1, -0.05) is 0 Å². The van der Waals surface area contributed by atoms with Crippen LogP contribution >= 0.6 is 0 Å². The Morgan fingerprint density at radius 1 is 0.444 bits per heavy atom. The summed E-state index contributed by atoms with van der Waals surface area (Å²) >= 11 is 0. The van der Waals surface area contributed by atoms with Crippen LogP contribution in [0, 0.1) is 17.8 Å². The highest BCUT2D eigenvalue weighted by Crippen LogP contribution is 2.46. The first-order valence-electron chi connectivity index (χ1n) is 18.7. The van der Waals surface area contributed by atoms with Crippen molar-refractivity contribution in [3.63, 3.8) is 0 Å². The molecule has 6 fully saturated rings. The molecule has 0 N–H and O–H groups in total. The van der Waals surface area contributed by atoms with Crippen molar-refractivity contribution in [3.05, 3.63) is 0 Å². The Kier molecular flexibility index (Phi) is 10.7. The molecule has 12 heteroatoms. The van der Waals surface area contributed by atoms with Crippen LogP contribution in [0.2, 0.25) is 77.1 Å². The minimum atomic E-state index is -2.67. The van der Waals surface area contributed by atoms with E-state index in [1.165, 1.54) is 77.0 Å². The van der Waals surface area contributed by atoms with Gasteiger partial charge in [-0.25, -0.2) is 0 Å². The van der Waals surface area contributed by atoms with Gasteiger partial charge in [0, 0.05) is 0 Å². The van der Waals surface area contributed by atoms with E-state index < -0.39 is 42.3 Å². The Labute approximate surface area is 280 Å². The third-order valence-electron chi connectivity index (χ3n) is 11.1. The summed E-state index contributed by atoms with van der Waals surface area (Å²) in [6, 6.07) is 3.23. The molecule has 10 atom stereocenters. The fourth-order valence-electron chi connectivity index (χ4n) is 9.26. The summed E-state index contributed by atoms with van der Waals surface area (Å²) in [6.45, 7) is 21.0. The molecule has 6 aliphatic rings. The molecule has 45 heavy (non-hydrogen) atoms. The predicted molar refractivity (Wildman–Crippen MR) is 192 cm³/mol. The molecule has 0 amide bonds. The highest BCUT2D eigenvalue weighted by molar-refractivity contribution is 6.91. The number of ether oxygens (including phenoxy) is 3. The average Bonchev–Trinajstić information content (AvgIpc) is 3.79. The Hall–Kier alpha value is 0.804. The fourth-order valence-corrected chi connectivity index (χ4v) is 33.9. The summed E-state index contributed by atoms with van der Waals surface area (Å²) < 4.78 is 47.5. The van der Waals surface area contributed by atoms with E-state index in [0.29, 0.717) is 42.5 Å². The molecule has 3 saturated heterocycles. The Morgan fingerprint density at radius 2 is 0.844 bits per heavy atom. The van der Waals surface area contributed by atoms with E-state index in [-0.39, 0.29) is 0 Å². The topological polar surface area (TPSA) is 74.5 Å². The molecule has 3 heterocycles. The maximum absolute atomic E-state index is 7.88. The molecule has 0 radical (unpaired) electrons. The van der Waals surface area contributed by atoms with E-state index >= 15 is 0 Å². The molecule has 3 aliphatic carbocycles. The molecule has 3 aliphatic heterocycles. The number of epoxide rings is 3. The van der Waals surface area contributed by atoms with Crippen molar-refractivity contribution in [2.75, 3.05) is 0 Å². The van der Waals surface area contributed by atoms with Gasteiger partial charge in [-0.2, -0.15) is 0 Å². The third-order valence-corrected chi connectivity index (χ3v) is 29.7. The summed E-state index contributed by atoms with van der Waals surface area (Å²) in [6.07, 6.45) is 18.0. The van der Waals surface area contributed by atoms with Gasteiger partial charge in [0.15, 0.2) is 16.6 Å². The first-order chi connectivity index (χ1) is 21.0. The molecular weight excluding hydrogens is 649 g/mol. The van der Waals surface area contributed by atoms with Crippen molar-refractivity contribution in [1.29, 1.82) is 0 Å². The zero-order valence-electron chi connectivity index (χ0n) is 30.2. The molecular formula is C33H66O7Si5. The monoisotopic (exact) mass is 714 g/mol. The highest BCUT2D eigenvalue weighted by atomic mass is 28.5. The van der Waals surface area contributed by atoms with E-state index in [0.717, 1.165) is 30.0 Å². The molecule has 7 nitrogen and oxygen atoms in total. The van der Waals surface area contributed by atoms with Gasteiger partial charge in [-0.05, 0) is 172 Å². The van der Waals surface area contributed by atoms with Gasteiger partial charge in [0.2, 0.25) is 0 Å². The third kappa shape index (κ3) is 10.6. The number of hydrogen-bond donors (Lipinski definition) is 0. The summed E-state index contributed by atoms with van der Waals surface area (Å²) in [5, 5.41) is 0. The number of fused-ring (bicyclic) bond motifs is 3. The van der Waals surface area contributed by atoms with Gasteiger partial charge in [0.1, 0.15) is 0 Å². The summed E-state index contributed by atoms with van der Waals surface area (Å²) in [4.78, 5) is 0. The lowest BCUT2D eigenvalue weighted by atomic mass is 9.87. The van der Waals surface area contributed by atoms with Crippen LogP contribution in [0.15, 0.2) is 0 Å². The van der Waals surface area contributed by atoms with Crippen molar-refractivity contribution in [1.82, 2.24) is 0 Å². The lowest BCUT2D eigenvalue weighted by molar-refractivity contribution is 0.265. The minimum absolute atomic E-state index is 0.513. The summed E-state index contributed by atoms with van der Waals surface area (Å²) in [5.41, 5.74) is 0. The second kappa shape index (κ2) is 13.5. The van der Waals surface area contributed by atoms with Gasteiger partial charge in [0.05, 0.1) is 36.6 Å². The highest BCUT2D eigenvalue weighted by Gasteiger charge is 2.53. The largest absolute Gasteiger partial charge is 0.437 e. The second-order valence-corrected chi connectivity index (χ2v) is 38.5. The van der Waals surface area contributed by atoms with Gasteiger partial charge >= 0.3 is 25.7 Å². The van der Waals surface area contributed by atoms with Gasteiger partial charge in [-0.15, -0.1) is 0 Å². The SMILES string of the molecule is C[Si](C)(C)O[Si](C)(C)O[Si](C)(CCC1CCC2OC2C1)O[Si](CCC1CCC2OC2C1)(CCC1CCC2OC2C1)O[Si](C)(C)C. The van der Waals surface area contributed by atoms with E-state index in [1.807, 2.05) is 0 Å². The Balaban J connectivity index is 1.24. The molecule has 10 unspecified atom stereocenters. The van der Waals surface area contributed by atoms with Crippen molar-refractivity contribution < 1.29 is 30.7 Å². The van der Waals surface area contributed by atoms with Crippen molar-refractivity contribution >= 4 is 42.3 Å². The molecule has 6 rings (SSSR count). The summed E-state index contributed by atoms with van der Waals surface area (Å²) in [5.74, 6) is 2.17. The molecule has 0 aromatic rings. The van der Waals surface area contributed by atoms with Crippen molar-refractivity contribution in [2.45, 2.75) is 191 Å². The Morgan fingerprint density at radius 3 is 1.22 bits per heavy atom. The van der Waals surface area contributed by atoms with Crippen LogP contribution in [0.3, 0.4) is 0 Å². The maximum Gasteiger partial charge on any atom is 0.319 e. The van der Waals surface area contributed by atoms with Crippen LogP contribution in [0.25, 0.3) is 0 Å². The van der Waals surface area contributed by atoms with Crippen LogP contribution in [0.4, 0.5) is 0 Å². The molecule has 0 aromatic heterocycles. The van der Waals surface area contributed by atoms with Gasteiger partial charge in [0.25, 0.3) is 0 Å². The lowest BCUT2D eigenvalue weighted by Gasteiger charge is -2.46. The standard InChI is InChI=1S/C33H66O7Si5/c1-41(2,3)37-43(7,8)39-44(9,19-16-25-10-13-28-31(22-25)34-28)40-45(38-42(4,5)6,20-17-26-11-14-29-32(23-26)35-29)21-18-27-12-15-30-33(24-27)36-30/h25-33H,10-24H2,1-9H3. The van der Waals surface area contributed by atoms with Crippen molar-refractivity contribution in [2.24, 2.45) is 17.8 Å². The number of hydrogen-bond acceptors (Lipinski definition) is 7. The molecule has 0 spiro atoms. The van der Waals surface area contributed by atoms with Crippen LogP contribution in [0.5, 0.6) is 0 Å². The van der Waals surface area contributed by atoms with Gasteiger partial charge < -0.3 is 30.7 Å². The number of rotatable bonds is 17. The smallest absolute Gasteiger partial charge is 0.319 e.